The van der Waals surface area contributed by atoms with E-state index in [1.165, 1.54) is 16.7 Å². The number of thiazole rings is 1. The molecule has 1 N–H and O–H groups in total. The molecule has 2 heterocycles. The Morgan fingerprint density at radius 1 is 0.968 bits per heavy atom. The van der Waals surface area contributed by atoms with E-state index in [4.69, 9.17) is 4.98 Å². The Bertz CT molecular complexity index is 1010. The summed E-state index contributed by atoms with van der Waals surface area (Å²) in [7, 11) is 0. The van der Waals surface area contributed by atoms with Crippen LogP contribution in [0.1, 0.15) is 27.4 Å². The number of nitrogens with one attached hydrogen (secondary N) is 1. The maximum Gasteiger partial charge on any atom is 0.231 e. The van der Waals surface area contributed by atoms with Crippen molar-refractivity contribution in [3.8, 4) is 0 Å². The van der Waals surface area contributed by atoms with Gasteiger partial charge in [-0.2, -0.15) is 0 Å². The van der Waals surface area contributed by atoms with Gasteiger partial charge in [-0.3, -0.25) is 14.6 Å². The fourth-order valence-electron chi connectivity index (χ4n) is 3.89. The first-order valence-electron chi connectivity index (χ1n) is 10.8. The number of aromatic nitrogens is 1. The molecule has 1 fully saturated rings. The van der Waals surface area contributed by atoms with Crippen molar-refractivity contribution < 1.29 is 4.79 Å². The second kappa shape index (κ2) is 10.2. The van der Waals surface area contributed by atoms with Crippen LogP contribution in [-0.2, 0) is 24.3 Å². The van der Waals surface area contributed by atoms with Crippen molar-refractivity contribution in [3.63, 3.8) is 0 Å². The third-order valence-corrected chi connectivity index (χ3v) is 6.48. The van der Waals surface area contributed by atoms with Crippen molar-refractivity contribution in [2.75, 3.05) is 31.5 Å². The van der Waals surface area contributed by atoms with E-state index < -0.39 is 0 Å². The highest BCUT2D eigenvalue weighted by Crippen LogP contribution is 2.16. The third kappa shape index (κ3) is 6.47. The minimum atomic E-state index is -0.0190. The maximum absolute atomic E-state index is 12.3. The molecule has 162 valence electrons. The van der Waals surface area contributed by atoms with Crippen LogP contribution in [0.3, 0.4) is 0 Å². The number of anilines is 1. The van der Waals surface area contributed by atoms with Crippen LogP contribution in [0.2, 0.25) is 0 Å². The van der Waals surface area contributed by atoms with Crippen molar-refractivity contribution in [2.45, 2.75) is 33.4 Å². The number of benzene rings is 2. The van der Waals surface area contributed by atoms with E-state index in [0.29, 0.717) is 6.42 Å². The Hall–Kier alpha value is -2.54. The number of rotatable bonds is 7. The molecule has 4 rings (SSSR count). The molecular weight excluding hydrogens is 404 g/mol. The lowest BCUT2D eigenvalue weighted by Gasteiger charge is -2.34. The van der Waals surface area contributed by atoms with Gasteiger partial charge in [0.25, 0.3) is 0 Å². The molecule has 1 aliphatic rings. The highest BCUT2D eigenvalue weighted by molar-refractivity contribution is 7.09. The summed E-state index contributed by atoms with van der Waals surface area (Å²) in [6, 6.07) is 16.6. The molecule has 1 saturated heterocycles. The van der Waals surface area contributed by atoms with E-state index >= 15 is 0 Å². The van der Waals surface area contributed by atoms with Crippen LogP contribution in [0.4, 0.5) is 5.69 Å². The number of hydrogen-bond donors (Lipinski definition) is 1. The average Bonchev–Trinajstić information content (AvgIpc) is 3.18. The number of amides is 1. The third-order valence-electron chi connectivity index (χ3n) is 5.59. The number of aryl methyl sites for hydroxylation is 2. The fraction of sp³-hybridized carbons (Fsp3) is 0.360. The first kappa shape index (κ1) is 21.7. The number of piperazine rings is 1. The van der Waals surface area contributed by atoms with Crippen LogP contribution in [-0.4, -0.2) is 46.9 Å². The SMILES string of the molecule is Cc1ccc(NC(=O)Cc2nc(CN3CCN(Cc4cccc(C)c4)CC3)cs2)cc1. The Labute approximate surface area is 188 Å². The zero-order valence-corrected chi connectivity index (χ0v) is 19.1. The molecule has 31 heavy (non-hydrogen) atoms. The highest BCUT2D eigenvalue weighted by atomic mass is 32.1. The molecule has 0 aliphatic carbocycles. The fourth-order valence-corrected chi connectivity index (χ4v) is 4.67. The van der Waals surface area contributed by atoms with E-state index in [1.54, 1.807) is 11.3 Å². The number of hydrogen-bond acceptors (Lipinski definition) is 5. The smallest absolute Gasteiger partial charge is 0.231 e. The minimum absolute atomic E-state index is 0.0190. The zero-order chi connectivity index (χ0) is 21.6. The molecule has 5 nitrogen and oxygen atoms in total. The molecule has 0 saturated carbocycles. The van der Waals surface area contributed by atoms with Crippen LogP contribution >= 0.6 is 11.3 Å². The van der Waals surface area contributed by atoms with Gasteiger partial charge in [-0.05, 0) is 31.5 Å². The largest absolute Gasteiger partial charge is 0.326 e. The molecular formula is C25H30N4OS. The molecule has 1 aromatic heterocycles. The van der Waals surface area contributed by atoms with Crippen LogP contribution in [0.25, 0.3) is 0 Å². The summed E-state index contributed by atoms with van der Waals surface area (Å²) in [6.07, 6.45) is 0.322. The van der Waals surface area contributed by atoms with Gasteiger partial charge >= 0.3 is 0 Å². The topological polar surface area (TPSA) is 48.5 Å². The van der Waals surface area contributed by atoms with Crippen LogP contribution in [0, 0.1) is 13.8 Å². The van der Waals surface area contributed by atoms with E-state index in [2.05, 4.69) is 51.7 Å². The molecule has 0 spiro atoms. The van der Waals surface area contributed by atoms with Crippen LogP contribution < -0.4 is 5.32 Å². The molecule has 3 aromatic rings. The summed E-state index contributed by atoms with van der Waals surface area (Å²) in [5.41, 5.74) is 5.79. The lowest BCUT2D eigenvalue weighted by molar-refractivity contribution is -0.115. The van der Waals surface area contributed by atoms with Gasteiger partial charge in [0.2, 0.25) is 5.91 Å². The zero-order valence-electron chi connectivity index (χ0n) is 18.3. The summed E-state index contributed by atoms with van der Waals surface area (Å²) < 4.78 is 0. The van der Waals surface area contributed by atoms with E-state index in [1.807, 2.05) is 31.2 Å². The van der Waals surface area contributed by atoms with Crippen LogP contribution in [0.5, 0.6) is 0 Å². The predicted molar refractivity (Wildman–Crippen MR) is 127 cm³/mol. The molecule has 1 aliphatic heterocycles. The monoisotopic (exact) mass is 434 g/mol. The molecule has 0 unspecified atom stereocenters. The molecule has 2 aromatic carbocycles. The summed E-state index contributed by atoms with van der Waals surface area (Å²) in [4.78, 5) is 22.0. The molecule has 1 amide bonds. The van der Waals surface area contributed by atoms with Gasteiger partial charge in [-0.25, -0.2) is 4.98 Å². The van der Waals surface area contributed by atoms with Crippen molar-refractivity contribution in [1.82, 2.24) is 14.8 Å². The first-order valence-corrected chi connectivity index (χ1v) is 11.7. The normalized spacial score (nSPS) is 15.2. The van der Waals surface area contributed by atoms with Gasteiger partial charge in [0.15, 0.2) is 0 Å². The standard InChI is InChI=1S/C25H30N4OS/c1-19-6-8-22(9-7-19)26-24(30)15-25-27-23(18-31-25)17-29-12-10-28(11-13-29)16-21-5-3-4-20(2)14-21/h3-9,14,18H,10-13,15-17H2,1-2H3,(H,26,30). The lowest BCUT2D eigenvalue weighted by Crippen LogP contribution is -2.45. The molecule has 0 radical (unpaired) electrons. The van der Waals surface area contributed by atoms with Gasteiger partial charge in [0.1, 0.15) is 5.01 Å². The Balaban J connectivity index is 1.22. The van der Waals surface area contributed by atoms with Gasteiger partial charge in [0, 0.05) is 50.3 Å². The quantitative estimate of drug-likeness (QED) is 0.604. The van der Waals surface area contributed by atoms with Gasteiger partial charge in [-0.15, -0.1) is 11.3 Å². The number of nitrogens with zero attached hydrogens (tertiary/aromatic N) is 3. The number of carbonyl (C=O) groups excluding carboxylic acids is 1. The maximum atomic E-state index is 12.3. The minimum Gasteiger partial charge on any atom is -0.326 e. The molecule has 0 bridgehead atoms. The summed E-state index contributed by atoms with van der Waals surface area (Å²) in [6.45, 7) is 10.3. The van der Waals surface area contributed by atoms with Crippen molar-refractivity contribution in [1.29, 1.82) is 0 Å². The second-order valence-corrected chi connectivity index (χ2v) is 9.31. The van der Waals surface area contributed by atoms with Gasteiger partial charge < -0.3 is 5.32 Å². The highest BCUT2D eigenvalue weighted by Gasteiger charge is 2.18. The second-order valence-electron chi connectivity index (χ2n) is 8.36. The van der Waals surface area contributed by atoms with Crippen molar-refractivity contribution in [2.24, 2.45) is 0 Å². The molecule has 6 heteroatoms. The van der Waals surface area contributed by atoms with Crippen LogP contribution in [0.15, 0.2) is 53.9 Å². The Kier molecular flexibility index (Phi) is 7.12. The van der Waals surface area contributed by atoms with Gasteiger partial charge in [-0.1, -0.05) is 47.5 Å². The summed E-state index contributed by atoms with van der Waals surface area (Å²) in [5, 5.41) is 5.91. The molecule has 0 atom stereocenters. The van der Waals surface area contributed by atoms with Gasteiger partial charge in [0.05, 0.1) is 12.1 Å². The average molecular weight is 435 g/mol. The number of carbonyl (C=O) groups is 1. The summed E-state index contributed by atoms with van der Waals surface area (Å²) in [5.74, 6) is -0.0190. The summed E-state index contributed by atoms with van der Waals surface area (Å²) >= 11 is 1.57. The predicted octanol–water partition coefficient (Wildman–Crippen LogP) is 4.26. The first-order chi connectivity index (χ1) is 15.0. The Morgan fingerprint density at radius 3 is 2.39 bits per heavy atom. The Morgan fingerprint density at radius 2 is 1.68 bits per heavy atom. The van der Waals surface area contributed by atoms with Crippen molar-refractivity contribution in [3.05, 3.63) is 81.3 Å². The van der Waals surface area contributed by atoms with E-state index in [0.717, 1.165) is 55.7 Å². The van der Waals surface area contributed by atoms with E-state index in [9.17, 15) is 4.79 Å². The lowest BCUT2D eigenvalue weighted by atomic mass is 10.1. The van der Waals surface area contributed by atoms with E-state index in [-0.39, 0.29) is 5.91 Å². The van der Waals surface area contributed by atoms with Crippen molar-refractivity contribution >= 4 is 22.9 Å².